The molecule has 3 rings (SSSR count). The predicted octanol–water partition coefficient (Wildman–Crippen LogP) is 4.87. The second kappa shape index (κ2) is 8.31. The lowest BCUT2D eigenvalue weighted by Gasteiger charge is -2.11. The van der Waals surface area contributed by atoms with E-state index in [9.17, 15) is 4.79 Å². The summed E-state index contributed by atoms with van der Waals surface area (Å²) in [5.41, 5.74) is 3.42. The van der Waals surface area contributed by atoms with Crippen LogP contribution in [0.5, 0.6) is 0 Å². The zero-order valence-corrected chi connectivity index (χ0v) is 15.7. The van der Waals surface area contributed by atoms with Crippen molar-refractivity contribution in [1.82, 2.24) is 9.97 Å². The van der Waals surface area contributed by atoms with Crippen LogP contribution in [0.2, 0.25) is 0 Å². The van der Waals surface area contributed by atoms with Crippen LogP contribution in [0.3, 0.4) is 0 Å². The molecule has 0 aliphatic carbocycles. The van der Waals surface area contributed by atoms with Crippen molar-refractivity contribution in [2.75, 3.05) is 16.0 Å². The molecular weight excluding hydrogens is 338 g/mol. The summed E-state index contributed by atoms with van der Waals surface area (Å²) < 4.78 is 0. The van der Waals surface area contributed by atoms with Gasteiger partial charge >= 0.3 is 0 Å². The Bertz CT molecular complexity index is 908. The Hall–Kier alpha value is -3.41. The number of hydrogen-bond acceptors (Lipinski definition) is 5. The lowest BCUT2D eigenvalue weighted by atomic mass is 10.2. The van der Waals surface area contributed by atoms with E-state index >= 15 is 0 Å². The summed E-state index contributed by atoms with van der Waals surface area (Å²) in [4.78, 5) is 20.7. The largest absolute Gasteiger partial charge is 0.340 e. The number of amides is 1. The minimum atomic E-state index is -0.0565. The molecule has 6 heteroatoms. The first kappa shape index (κ1) is 18.4. The molecule has 0 unspecified atom stereocenters. The summed E-state index contributed by atoms with van der Waals surface area (Å²) in [6.45, 7) is 5.65. The first-order valence-corrected chi connectivity index (χ1v) is 8.85. The molecule has 3 aromatic rings. The number of anilines is 5. The Morgan fingerprint density at radius 1 is 0.852 bits per heavy atom. The highest BCUT2D eigenvalue weighted by atomic mass is 16.1. The summed E-state index contributed by atoms with van der Waals surface area (Å²) in [5.74, 6) is 1.16. The average Bonchev–Trinajstić information content (AvgIpc) is 2.63. The minimum absolute atomic E-state index is 0.00523. The Morgan fingerprint density at radius 3 is 2.15 bits per heavy atom. The Kier molecular flexibility index (Phi) is 5.66. The number of hydrogen-bond donors (Lipinski definition) is 3. The van der Waals surface area contributed by atoms with E-state index < -0.39 is 0 Å². The maximum absolute atomic E-state index is 11.8. The van der Waals surface area contributed by atoms with Crippen molar-refractivity contribution in [3.8, 4) is 0 Å². The zero-order valence-electron chi connectivity index (χ0n) is 15.7. The molecule has 138 valence electrons. The van der Waals surface area contributed by atoms with Crippen molar-refractivity contribution in [2.24, 2.45) is 5.92 Å². The fourth-order valence-corrected chi connectivity index (χ4v) is 2.41. The number of aryl methyl sites for hydroxylation is 1. The van der Waals surface area contributed by atoms with E-state index in [2.05, 4.69) is 25.9 Å². The van der Waals surface area contributed by atoms with Crippen molar-refractivity contribution in [2.45, 2.75) is 20.8 Å². The summed E-state index contributed by atoms with van der Waals surface area (Å²) in [6, 6.07) is 19.2. The molecule has 0 radical (unpaired) electrons. The monoisotopic (exact) mass is 361 g/mol. The molecule has 6 nitrogen and oxygen atoms in total. The Balaban J connectivity index is 1.71. The summed E-state index contributed by atoms with van der Waals surface area (Å²) >= 11 is 0. The smallest absolute Gasteiger partial charge is 0.229 e. The molecule has 0 saturated heterocycles. The molecule has 0 saturated carbocycles. The zero-order chi connectivity index (χ0) is 19.2. The van der Waals surface area contributed by atoms with E-state index in [-0.39, 0.29) is 11.8 Å². The fraction of sp³-hybridized carbons (Fsp3) is 0.190. The lowest BCUT2D eigenvalue weighted by Crippen LogP contribution is -2.17. The molecule has 1 amide bonds. The van der Waals surface area contributed by atoms with Crippen LogP contribution in [0.15, 0.2) is 60.7 Å². The molecular formula is C21H23N5O. The maximum atomic E-state index is 11.8. The van der Waals surface area contributed by atoms with Gasteiger partial charge in [-0.3, -0.25) is 4.79 Å². The Morgan fingerprint density at radius 2 is 1.48 bits per heavy atom. The second-order valence-electron chi connectivity index (χ2n) is 6.56. The van der Waals surface area contributed by atoms with Crippen LogP contribution >= 0.6 is 0 Å². The Labute approximate surface area is 159 Å². The van der Waals surface area contributed by atoms with Crippen molar-refractivity contribution in [1.29, 1.82) is 0 Å². The van der Waals surface area contributed by atoms with Gasteiger partial charge in [-0.05, 0) is 43.3 Å². The molecule has 0 fully saturated rings. The number of benzene rings is 2. The average molecular weight is 361 g/mol. The normalized spacial score (nSPS) is 10.5. The van der Waals surface area contributed by atoms with Crippen molar-refractivity contribution in [3.63, 3.8) is 0 Å². The third-order valence-corrected chi connectivity index (χ3v) is 3.83. The molecule has 2 aromatic carbocycles. The first-order chi connectivity index (χ1) is 13.0. The number of nitrogens with zero attached hydrogens (tertiary/aromatic N) is 2. The summed E-state index contributed by atoms with van der Waals surface area (Å²) in [6.07, 6.45) is 0. The van der Waals surface area contributed by atoms with Gasteiger partial charge in [-0.2, -0.15) is 4.98 Å². The molecule has 0 aliphatic rings. The third kappa shape index (κ3) is 5.28. The van der Waals surface area contributed by atoms with E-state index in [1.807, 2.05) is 81.4 Å². The topological polar surface area (TPSA) is 78.9 Å². The maximum Gasteiger partial charge on any atom is 0.229 e. The van der Waals surface area contributed by atoms with Gasteiger partial charge in [-0.15, -0.1) is 0 Å². The predicted molar refractivity (Wildman–Crippen MR) is 110 cm³/mol. The van der Waals surface area contributed by atoms with Crippen molar-refractivity contribution >= 4 is 34.7 Å². The van der Waals surface area contributed by atoms with Crippen LogP contribution in [0.4, 0.5) is 28.8 Å². The van der Waals surface area contributed by atoms with Crippen molar-refractivity contribution < 1.29 is 4.79 Å². The number of aromatic nitrogens is 2. The summed E-state index contributed by atoms with van der Waals surface area (Å²) in [5, 5.41) is 9.34. The van der Waals surface area contributed by atoms with Gasteiger partial charge < -0.3 is 16.0 Å². The minimum Gasteiger partial charge on any atom is -0.340 e. The van der Waals surface area contributed by atoms with Gasteiger partial charge in [0.15, 0.2) is 0 Å². The highest BCUT2D eigenvalue weighted by molar-refractivity contribution is 5.92. The van der Waals surface area contributed by atoms with Crippen LogP contribution in [-0.2, 0) is 4.79 Å². The standard InChI is InChI=1S/C21H23N5O/c1-14(2)20(27)24-17-9-11-18(12-10-17)25-21-22-15(3)13-19(26-21)23-16-7-5-4-6-8-16/h4-14H,1-3H3,(H,24,27)(H2,22,23,25,26). The van der Waals surface area contributed by atoms with E-state index in [0.29, 0.717) is 5.95 Å². The lowest BCUT2D eigenvalue weighted by molar-refractivity contribution is -0.118. The first-order valence-electron chi connectivity index (χ1n) is 8.85. The number of rotatable bonds is 6. The van der Waals surface area contributed by atoms with Gasteiger partial charge in [0.05, 0.1) is 0 Å². The van der Waals surface area contributed by atoms with Crippen molar-refractivity contribution in [3.05, 3.63) is 66.4 Å². The fourth-order valence-electron chi connectivity index (χ4n) is 2.41. The van der Waals surface area contributed by atoms with Crippen LogP contribution in [-0.4, -0.2) is 15.9 Å². The van der Waals surface area contributed by atoms with Gasteiger partial charge in [0.25, 0.3) is 0 Å². The van der Waals surface area contributed by atoms with Gasteiger partial charge in [-0.1, -0.05) is 32.0 Å². The van der Waals surface area contributed by atoms with Crippen LogP contribution in [0.1, 0.15) is 19.5 Å². The molecule has 1 heterocycles. The van der Waals surface area contributed by atoms with E-state index in [1.54, 1.807) is 0 Å². The van der Waals surface area contributed by atoms with E-state index in [0.717, 1.165) is 28.6 Å². The van der Waals surface area contributed by atoms with Gasteiger partial charge in [0.2, 0.25) is 11.9 Å². The molecule has 0 atom stereocenters. The number of para-hydroxylation sites is 1. The van der Waals surface area contributed by atoms with Crippen LogP contribution in [0.25, 0.3) is 0 Å². The molecule has 0 spiro atoms. The highest BCUT2D eigenvalue weighted by Crippen LogP contribution is 2.20. The highest BCUT2D eigenvalue weighted by Gasteiger charge is 2.07. The molecule has 1 aromatic heterocycles. The van der Waals surface area contributed by atoms with Gasteiger partial charge in [-0.25, -0.2) is 4.98 Å². The van der Waals surface area contributed by atoms with E-state index in [1.165, 1.54) is 0 Å². The number of nitrogens with one attached hydrogen (secondary N) is 3. The second-order valence-corrected chi connectivity index (χ2v) is 6.56. The molecule has 0 bridgehead atoms. The summed E-state index contributed by atoms with van der Waals surface area (Å²) in [7, 11) is 0. The van der Waals surface area contributed by atoms with E-state index in [4.69, 9.17) is 0 Å². The number of carbonyl (C=O) groups excluding carboxylic acids is 1. The SMILES string of the molecule is Cc1cc(Nc2ccccc2)nc(Nc2ccc(NC(=O)C(C)C)cc2)n1. The van der Waals surface area contributed by atoms with Crippen LogP contribution < -0.4 is 16.0 Å². The van der Waals surface area contributed by atoms with Crippen LogP contribution in [0, 0.1) is 12.8 Å². The quantitative estimate of drug-likeness (QED) is 0.584. The molecule has 27 heavy (non-hydrogen) atoms. The van der Waals surface area contributed by atoms with Gasteiger partial charge in [0, 0.05) is 34.7 Å². The third-order valence-electron chi connectivity index (χ3n) is 3.83. The number of carbonyl (C=O) groups is 1. The van der Waals surface area contributed by atoms with Gasteiger partial charge in [0.1, 0.15) is 5.82 Å². The molecule has 0 aliphatic heterocycles. The molecule has 3 N–H and O–H groups in total.